The third-order valence-electron chi connectivity index (χ3n) is 7.47. The van der Waals surface area contributed by atoms with E-state index in [-0.39, 0.29) is 0 Å². The van der Waals surface area contributed by atoms with Crippen LogP contribution >= 0.6 is 15.6 Å². The molecule has 0 saturated heterocycles. The average Bonchev–Trinajstić information content (AvgIpc) is 3.05. The molecule has 1 N–H and O–H groups in total. The Bertz CT molecular complexity index is 1060. The highest BCUT2D eigenvalue weighted by Gasteiger charge is 2.28. The van der Waals surface area contributed by atoms with Crippen molar-refractivity contribution in [2.24, 2.45) is 11.8 Å². The zero-order valence-electron chi connectivity index (χ0n) is 30.9. The first-order valence-electron chi connectivity index (χ1n) is 18.4. The number of hydrogen-bond donors (Lipinski definition) is 1. The molecule has 48 heavy (non-hydrogen) atoms. The van der Waals surface area contributed by atoms with E-state index >= 15 is 0 Å². The number of hydrogen-bond acceptors (Lipinski definition) is 7. The monoisotopic (exact) mass is 711 g/mol. The van der Waals surface area contributed by atoms with Crippen LogP contribution in [0.3, 0.4) is 0 Å². The van der Waals surface area contributed by atoms with Crippen LogP contribution in [0.2, 0.25) is 0 Å². The Balaban J connectivity index is 0.000000569. The third kappa shape index (κ3) is 24.6. The Hall–Kier alpha value is -1.50. The standard InChI is InChI=1S/C26H47O4P.C12H20NO3P/c1-24(2)18-12-7-5-9-16-22-28-31(27,30-26-20-14-11-15-21-26)29-23-17-10-6-8-13-19-25(3)4;1-3-15-17(14,16-4-2)13-11-10-12-8-6-5-7-9-12/h11,14-15,20-21,24-25H,5-10,12-13,16-19,22-23H2,1-4H3;5-9H,3-4,10-11H2,1-2H3,(H,13,14). The second kappa shape index (κ2) is 28.2. The minimum atomic E-state index is -3.59. The fraction of sp³-hybridized carbons (Fsp3) is 0.684. The molecule has 2 rings (SSSR count). The van der Waals surface area contributed by atoms with Gasteiger partial charge in [-0.25, -0.2) is 14.2 Å². The number of para-hydroxylation sites is 1. The first kappa shape index (κ1) is 44.5. The van der Waals surface area contributed by atoms with Gasteiger partial charge in [0.15, 0.2) is 0 Å². The van der Waals surface area contributed by atoms with Gasteiger partial charge in [-0.05, 0) is 62.6 Å². The van der Waals surface area contributed by atoms with Crippen molar-refractivity contribution in [3.05, 3.63) is 66.2 Å². The van der Waals surface area contributed by atoms with Crippen molar-refractivity contribution in [2.45, 2.75) is 125 Å². The van der Waals surface area contributed by atoms with Gasteiger partial charge < -0.3 is 4.52 Å². The molecule has 0 spiro atoms. The van der Waals surface area contributed by atoms with Crippen molar-refractivity contribution in [3.8, 4) is 5.75 Å². The molecular formula is C38H67NO7P2. The van der Waals surface area contributed by atoms with Gasteiger partial charge in [0, 0.05) is 6.54 Å². The number of rotatable bonds is 28. The Labute approximate surface area is 293 Å². The van der Waals surface area contributed by atoms with Gasteiger partial charge in [0.2, 0.25) is 0 Å². The van der Waals surface area contributed by atoms with Crippen molar-refractivity contribution in [1.82, 2.24) is 5.09 Å². The highest BCUT2D eigenvalue weighted by Crippen LogP contribution is 2.49. The summed E-state index contributed by atoms with van der Waals surface area (Å²) >= 11 is 0. The smallest absolute Gasteiger partial charge is 0.404 e. The number of unbranched alkanes of at least 4 members (excludes halogenated alkanes) is 8. The van der Waals surface area contributed by atoms with Crippen LogP contribution < -0.4 is 9.61 Å². The molecule has 0 radical (unpaired) electrons. The van der Waals surface area contributed by atoms with E-state index in [0.717, 1.165) is 43.9 Å². The summed E-state index contributed by atoms with van der Waals surface area (Å²) in [7, 11) is -6.70. The molecule has 10 heteroatoms. The van der Waals surface area contributed by atoms with Crippen LogP contribution in [0.5, 0.6) is 5.75 Å². The van der Waals surface area contributed by atoms with Gasteiger partial charge in [-0.15, -0.1) is 0 Å². The molecule has 8 nitrogen and oxygen atoms in total. The van der Waals surface area contributed by atoms with Crippen LogP contribution in [0, 0.1) is 11.8 Å². The second-order valence-corrected chi connectivity index (χ2v) is 16.3. The number of benzene rings is 2. The van der Waals surface area contributed by atoms with Gasteiger partial charge in [0.25, 0.3) is 0 Å². The summed E-state index contributed by atoms with van der Waals surface area (Å²) in [6, 6.07) is 19.2. The molecule has 0 aliphatic carbocycles. The summed E-state index contributed by atoms with van der Waals surface area (Å²) in [4.78, 5) is 0. The second-order valence-electron chi connectivity index (χ2n) is 12.9. The Morgan fingerprint density at radius 1 is 0.583 bits per heavy atom. The molecule has 0 bridgehead atoms. The lowest BCUT2D eigenvalue weighted by molar-refractivity contribution is 0.150. The molecule has 0 unspecified atom stereocenters. The van der Waals surface area contributed by atoms with Crippen molar-refractivity contribution in [3.63, 3.8) is 0 Å². The Morgan fingerprint density at radius 3 is 1.48 bits per heavy atom. The minimum Gasteiger partial charge on any atom is -0.404 e. The van der Waals surface area contributed by atoms with Crippen LogP contribution in [0.25, 0.3) is 0 Å². The van der Waals surface area contributed by atoms with E-state index in [1.54, 1.807) is 26.0 Å². The third-order valence-corrected chi connectivity index (χ3v) is 10.7. The average molecular weight is 712 g/mol. The van der Waals surface area contributed by atoms with E-state index in [0.29, 0.717) is 38.7 Å². The van der Waals surface area contributed by atoms with Gasteiger partial charge >= 0.3 is 15.6 Å². The normalized spacial score (nSPS) is 11.9. The van der Waals surface area contributed by atoms with Crippen LogP contribution in [0.15, 0.2) is 60.7 Å². The number of phosphoric acid groups is 1. The van der Waals surface area contributed by atoms with Crippen LogP contribution in [-0.4, -0.2) is 33.0 Å². The topological polar surface area (TPSA) is 92.3 Å². The summed E-state index contributed by atoms with van der Waals surface area (Å²) in [6.07, 6.45) is 14.8. The van der Waals surface area contributed by atoms with Crippen LogP contribution in [-0.2, 0) is 33.6 Å². The van der Waals surface area contributed by atoms with E-state index in [2.05, 4.69) is 32.8 Å². The van der Waals surface area contributed by atoms with E-state index in [4.69, 9.17) is 22.6 Å². The maximum absolute atomic E-state index is 13.1. The van der Waals surface area contributed by atoms with Gasteiger partial charge in [0.05, 0.1) is 26.4 Å². The van der Waals surface area contributed by atoms with Crippen molar-refractivity contribution < 1.29 is 31.7 Å². The largest absolute Gasteiger partial charge is 0.530 e. The highest BCUT2D eigenvalue weighted by atomic mass is 31.2. The van der Waals surface area contributed by atoms with Crippen molar-refractivity contribution in [1.29, 1.82) is 0 Å². The molecule has 0 saturated carbocycles. The fourth-order valence-corrected chi connectivity index (χ4v) is 7.46. The summed E-state index contributed by atoms with van der Waals surface area (Å²) < 4.78 is 52.4. The molecule has 2 aromatic carbocycles. The molecule has 276 valence electrons. The van der Waals surface area contributed by atoms with Crippen molar-refractivity contribution in [2.75, 3.05) is 33.0 Å². The number of phosphoric ester groups is 1. The molecule has 0 amide bonds. The first-order valence-corrected chi connectivity index (χ1v) is 21.4. The zero-order chi connectivity index (χ0) is 35.4. The molecule has 2 aromatic rings. The van der Waals surface area contributed by atoms with E-state index in [1.165, 1.54) is 56.9 Å². The summed E-state index contributed by atoms with van der Waals surface area (Å²) in [5.74, 6) is 2.08. The Kier molecular flexibility index (Phi) is 26.2. The lowest BCUT2D eigenvalue weighted by atomic mass is 10.0. The van der Waals surface area contributed by atoms with E-state index < -0.39 is 15.6 Å². The lowest BCUT2D eigenvalue weighted by Gasteiger charge is -2.18. The van der Waals surface area contributed by atoms with Crippen LogP contribution in [0.1, 0.15) is 124 Å². The highest BCUT2D eigenvalue weighted by molar-refractivity contribution is 7.51. The predicted molar refractivity (Wildman–Crippen MR) is 201 cm³/mol. The lowest BCUT2D eigenvalue weighted by Crippen LogP contribution is -2.17. The first-order chi connectivity index (χ1) is 23.1. The molecule has 0 heterocycles. The summed E-state index contributed by atoms with van der Waals surface area (Å²) in [6.45, 7) is 14.8. The molecule has 0 aliphatic heterocycles. The number of nitrogens with one attached hydrogen (secondary N) is 1. The maximum atomic E-state index is 13.1. The summed E-state index contributed by atoms with van der Waals surface area (Å²) in [5.41, 5.74) is 1.19. The summed E-state index contributed by atoms with van der Waals surface area (Å²) in [5, 5.41) is 2.86. The van der Waals surface area contributed by atoms with Gasteiger partial charge in [-0.2, -0.15) is 0 Å². The molecule has 0 atom stereocenters. The van der Waals surface area contributed by atoms with Crippen LogP contribution in [0.4, 0.5) is 0 Å². The molecule has 0 aliphatic rings. The molecule has 0 aromatic heterocycles. The van der Waals surface area contributed by atoms with E-state index in [1.807, 2.05) is 48.5 Å². The molecule has 0 fully saturated rings. The minimum absolute atomic E-state index is 0.371. The van der Waals surface area contributed by atoms with Crippen molar-refractivity contribution >= 4 is 15.6 Å². The van der Waals surface area contributed by atoms with Gasteiger partial charge in [-0.1, -0.05) is 140 Å². The van der Waals surface area contributed by atoms with E-state index in [9.17, 15) is 9.13 Å². The maximum Gasteiger partial charge on any atom is 0.530 e. The fourth-order valence-electron chi connectivity index (χ4n) is 4.87. The molecular weight excluding hydrogens is 644 g/mol. The predicted octanol–water partition coefficient (Wildman–Crippen LogP) is 12.2. The Morgan fingerprint density at radius 2 is 1.02 bits per heavy atom. The zero-order valence-corrected chi connectivity index (χ0v) is 32.7. The quantitative estimate of drug-likeness (QED) is 0.0689. The van der Waals surface area contributed by atoms with Gasteiger partial charge in [-0.3, -0.25) is 18.1 Å². The van der Waals surface area contributed by atoms with Gasteiger partial charge in [0.1, 0.15) is 5.75 Å². The SMILES string of the molecule is CC(C)CCCCCCCOP(=O)(OCCCCCCCC(C)C)Oc1ccccc1.CCOP(=O)(NCCc1ccccc1)OCC.